The van der Waals surface area contributed by atoms with E-state index in [1.165, 1.54) is 12.3 Å². The zero-order valence-corrected chi connectivity index (χ0v) is 6.51. The van der Waals surface area contributed by atoms with Crippen molar-refractivity contribution < 1.29 is 18.0 Å². The molecule has 0 fully saturated rings. The number of hydrogen-bond donors (Lipinski definition) is 0. The lowest BCUT2D eigenvalue weighted by molar-refractivity contribution is -0.138. The number of alkyl halides is 3. The minimum absolute atomic E-state index is 0.231. The van der Waals surface area contributed by atoms with Crippen molar-refractivity contribution in [3.8, 4) is 0 Å². The molecule has 1 heterocycles. The summed E-state index contributed by atoms with van der Waals surface area (Å²) in [5.74, 6) is 0. The van der Waals surface area contributed by atoms with Crippen LogP contribution in [0.1, 0.15) is 11.3 Å². The Kier molecular flexibility index (Phi) is 2.65. The van der Waals surface area contributed by atoms with Crippen LogP contribution in [0.2, 0.25) is 0 Å². The van der Waals surface area contributed by atoms with E-state index in [-0.39, 0.29) is 12.1 Å². The van der Waals surface area contributed by atoms with Gasteiger partial charge in [0.2, 0.25) is 0 Å². The molecule has 0 amide bonds. The van der Waals surface area contributed by atoms with Gasteiger partial charge < -0.3 is 4.79 Å². The van der Waals surface area contributed by atoms with Gasteiger partial charge in [-0.05, 0) is 12.1 Å². The third-order valence-electron chi connectivity index (χ3n) is 1.47. The summed E-state index contributed by atoms with van der Waals surface area (Å²) in [6.07, 6.45) is -3.12. The van der Waals surface area contributed by atoms with Gasteiger partial charge in [0.15, 0.2) is 0 Å². The van der Waals surface area contributed by atoms with Crippen LogP contribution in [-0.2, 0) is 17.4 Å². The Hall–Kier alpha value is -1.39. The summed E-state index contributed by atoms with van der Waals surface area (Å²) in [6.45, 7) is 0. The predicted molar refractivity (Wildman–Crippen MR) is 39.0 cm³/mol. The molecule has 13 heavy (non-hydrogen) atoms. The molecule has 0 unspecified atom stereocenters. The van der Waals surface area contributed by atoms with Crippen molar-refractivity contribution in [2.45, 2.75) is 12.6 Å². The average molecular weight is 189 g/mol. The van der Waals surface area contributed by atoms with E-state index in [4.69, 9.17) is 0 Å². The summed E-state index contributed by atoms with van der Waals surface area (Å²) in [6, 6.07) is 2.10. The van der Waals surface area contributed by atoms with Crippen LogP contribution in [0.4, 0.5) is 13.2 Å². The molecular formula is C8H6F3NO. The first-order valence-electron chi connectivity index (χ1n) is 3.50. The van der Waals surface area contributed by atoms with E-state index in [2.05, 4.69) is 4.98 Å². The molecule has 0 N–H and O–H groups in total. The summed E-state index contributed by atoms with van der Waals surface area (Å²) in [4.78, 5) is 13.5. The summed E-state index contributed by atoms with van der Waals surface area (Å²) in [5, 5.41) is 0. The Bertz CT molecular complexity index is 309. The van der Waals surface area contributed by atoms with Gasteiger partial charge in [-0.15, -0.1) is 0 Å². The van der Waals surface area contributed by atoms with Crippen LogP contribution < -0.4 is 0 Å². The van der Waals surface area contributed by atoms with Crippen molar-refractivity contribution >= 4 is 6.29 Å². The van der Waals surface area contributed by atoms with Crippen molar-refractivity contribution in [3.05, 3.63) is 29.6 Å². The topological polar surface area (TPSA) is 30.0 Å². The largest absolute Gasteiger partial charge is 0.418 e. The Balaban J connectivity index is 3.11. The summed E-state index contributed by atoms with van der Waals surface area (Å²) >= 11 is 0. The number of rotatable bonds is 2. The van der Waals surface area contributed by atoms with E-state index >= 15 is 0 Å². The van der Waals surface area contributed by atoms with Crippen molar-refractivity contribution in [3.63, 3.8) is 0 Å². The van der Waals surface area contributed by atoms with Gasteiger partial charge in [-0.25, -0.2) is 0 Å². The minimum atomic E-state index is -4.44. The van der Waals surface area contributed by atoms with Gasteiger partial charge in [-0.3, -0.25) is 4.98 Å². The third-order valence-corrected chi connectivity index (χ3v) is 1.47. The van der Waals surface area contributed by atoms with Crippen LogP contribution in [0.3, 0.4) is 0 Å². The number of carbonyl (C=O) groups is 1. The monoisotopic (exact) mass is 189 g/mol. The molecule has 0 spiro atoms. The van der Waals surface area contributed by atoms with Crippen LogP contribution in [0, 0.1) is 0 Å². The molecule has 0 saturated carbocycles. The molecule has 0 aliphatic carbocycles. The van der Waals surface area contributed by atoms with E-state index in [0.29, 0.717) is 6.29 Å². The second kappa shape index (κ2) is 3.55. The second-order valence-electron chi connectivity index (χ2n) is 2.37. The first-order chi connectivity index (χ1) is 6.05. The molecule has 0 radical (unpaired) electrons. The molecule has 0 bridgehead atoms. The van der Waals surface area contributed by atoms with Gasteiger partial charge in [-0.2, -0.15) is 13.2 Å². The molecule has 0 saturated heterocycles. The minimum Gasteiger partial charge on any atom is -0.303 e. The first kappa shape index (κ1) is 9.70. The van der Waals surface area contributed by atoms with E-state index in [9.17, 15) is 18.0 Å². The maximum atomic E-state index is 12.2. The lowest BCUT2D eigenvalue weighted by atomic mass is 10.1. The molecule has 1 aromatic heterocycles. The number of hydrogen-bond acceptors (Lipinski definition) is 2. The van der Waals surface area contributed by atoms with E-state index in [0.717, 1.165) is 6.07 Å². The van der Waals surface area contributed by atoms with Gasteiger partial charge in [0.1, 0.15) is 6.29 Å². The maximum Gasteiger partial charge on any atom is 0.418 e. The maximum absolute atomic E-state index is 12.2. The van der Waals surface area contributed by atoms with Crippen LogP contribution in [0.15, 0.2) is 18.3 Å². The Morgan fingerprint density at radius 3 is 2.69 bits per heavy atom. The number of nitrogens with zero attached hydrogens (tertiary/aromatic N) is 1. The summed E-state index contributed by atoms with van der Waals surface area (Å²) in [7, 11) is 0. The molecule has 0 aromatic carbocycles. The number of carbonyl (C=O) groups excluding carboxylic acids is 1. The highest BCUT2D eigenvalue weighted by Crippen LogP contribution is 2.30. The van der Waals surface area contributed by atoms with Gasteiger partial charge in [0.05, 0.1) is 11.3 Å². The highest BCUT2D eigenvalue weighted by Gasteiger charge is 2.33. The van der Waals surface area contributed by atoms with Gasteiger partial charge >= 0.3 is 6.18 Å². The molecule has 1 aromatic rings. The second-order valence-corrected chi connectivity index (χ2v) is 2.37. The highest BCUT2D eigenvalue weighted by atomic mass is 19.4. The van der Waals surface area contributed by atoms with Crippen LogP contribution in [0.25, 0.3) is 0 Å². The van der Waals surface area contributed by atoms with Crippen molar-refractivity contribution in [1.82, 2.24) is 4.98 Å². The molecule has 70 valence electrons. The van der Waals surface area contributed by atoms with Crippen molar-refractivity contribution in [2.75, 3.05) is 0 Å². The zero-order chi connectivity index (χ0) is 9.90. The molecular weight excluding hydrogens is 183 g/mol. The molecule has 1 rings (SSSR count). The fourth-order valence-electron chi connectivity index (χ4n) is 0.938. The SMILES string of the molecule is O=CCc1ncccc1C(F)(F)F. The molecule has 0 aliphatic rings. The average Bonchev–Trinajstić information content (AvgIpc) is 2.04. The van der Waals surface area contributed by atoms with Gasteiger partial charge in [0, 0.05) is 12.6 Å². The third kappa shape index (κ3) is 2.27. The quantitative estimate of drug-likeness (QED) is 0.664. The normalized spacial score (nSPS) is 11.3. The van der Waals surface area contributed by atoms with Gasteiger partial charge in [-0.1, -0.05) is 0 Å². The summed E-state index contributed by atoms with van der Waals surface area (Å²) in [5.41, 5.74) is -1.08. The first-order valence-corrected chi connectivity index (χ1v) is 3.50. The smallest absolute Gasteiger partial charge is 0.303 e. The van der Waals surface area contributed by atoms with Crippen molar-refractivity contribution in [1.29, 1.82) is 0 Å². The van der Waals surface area contributed by atoms with Crippen LogP contribution in [0.5, 0.6) is 0 Å². The number of aromatic nitrogens is 1. The van der Waals surface area contributed by atoms with E-state index < -0.39 is 11.7 Å². The van der Waals surface area contributed by atoms with Crippen LogP contribution >= 0.6 is 0 Å². The lowest BCUT2D eigenvalue weighted by Crippen LogP contribution is -2.10. The predicted octanol–water partition coefficient (Wildman–Crippen LogP) is 1.84. The Morgan fingerprint density at radius 2 is 2.15 bits per heavy atom. The Labute approximate surface area is 72.4 Å². The zero-order valence-electron chi connectivity index (χ0n) is 6.51. The number of halogens is 3. The fourth-order valence-corrected chi connectivity index (χ4v) is 0.938. The number of pyridine rings is 1. The molecule has 0 atom stereocenters. The summed E-state index contributed by atoms with van der Waals surface area (Å²) < 4.78 is 36.6. The van der Waals surface area contributed by atoms with E-state index in [1.54, 1.807) is 0 Å². The molecule has 2 nitrogen and oxygen atoms in total. The molecule has 5 heteroatoms. The Morgan fingerprint density at radius 1 is 1.46 bits per heavy atom. The molecule has 0 aliphatic heterocycles. The number of aldehydes is 1. The van der Waals surface area contributed by atoms with Crippen LogP contribution in [-0.4, -0.2) is 11.3 Å². The standard InChI is InChI=1S/C8H6F3NO/c9-8(10,11)6-2-1-4-12-7(6)3-5-13/h1-2,4-5H,3H2. The van der Waals surface area contributed by atoms with Gasteiger partial charge in [0.25, 0.3) is 0 Å². The lowest BCUT2D eigenvalue weighted by Gasteiger charge is -2.08. The fraction of sp³-hybridized carbons (Fsp3) is 0.250. The van der Waals surface area contributed by atoms with Crippen molar-refractivity contribution in [2.24, 2.45) is 0 Å². The van der Waals surface area contributed by atoms with E-state index in [1.807, 2.05) is 0 Å². The highest BCUT2D eigenvalue weighted by molar-refractivity contribution is 5.54.